The van der Waals surface area contributed by atoms with E-state index in [4.69, 9.17) is 4.84 Å². The first kappa shape index (κ1) is 13.0. The van der Waals surface area contributed by atoms with Crippen molar-refractivity contribution >= 4 is 5.69 Å². The van der Waals surface area contributed by atoms with Crippen molar-refractivity contribution in [1.82, 2.24) is 0 Å². The lowest BCUT2D eigenvalue weighted by Crippen LogP contribution is -2.22. The van der Waals surface area contributed by atoms with Crippen molar-refractivity contribution in [2.24, 2.45) is 0 Å². The van der Waals surface area contributed by atoms with Gasteiger partial charge in [-0.15, -0.1) is 0 Å². The summed E-state index contributed by atoms with van der Waals surface area (Å²) in [7, 11) is 1.74. The number of unbranched alkanes of at least 4 members (excludes halogenated alkanes) is 4. The molecule has 2 heteroatoms. The van der Waals surface area contributed by atoms with Crippen LogP contribution >= 0.6 is 0 Å². The Hall–Kier alpha value is -1.02. The molecule has 0 saturated carbocycles. The first-order valence-electron chi connectivity index (χ1n) is 6.25. The molecule has 90 valence electrons. The van der Waals surface area contributed by atoms with Crippen LogP contribution in [0.15, 0.2) is 30.3 Å². The molecule has 1 aromatic rings. The van der Waals surface area contributed by atoms with Gasteiger partial charge in [0, 0.05) is 6.54 Å². The minimum atomic E-state index is 0.976. The maximum atomic E-state index is 5.38. The van der Waals surface area contributed by atoms with E-state index in [9.17, 15) is 0 Å². The fraction of sp³-hybridized carbons (Fsp3) is 0.571. The molecule has 0 N–H and O–H groups in total. The molecule has 0 saturated heterocycles. The quantitative estimate of drug-likeness (QED) is 0.485. The van der Waals surface area contributed by atoms with E-state index in [-0.39, 0.29) is 0 Å². The normalized spacial score (nSPS) is 10.4. The molecule has 1 rings (SSSR count). The van der Waals surface area contributed by atoms with Gasteiger partial charge in [-0.2, -0.15) is 0 Å². The average Bonchev–Trinajstić information content (AvgIpc) is 2.35. The van der Waals surface area contributed by atoms with Crippen LogP contribution in [-0.4, -0.2) is 13.7 Å². The fourth-order valence-corrected chi connectivity index (χ4v) is 1.78. The second-order valence-electron chi connectivity index (χ2n) is 4.03. The number of para-hydroxylation sites is 1. The molecule has 0 amide bonds. The van der Waals surface area contributed by atoms with Gasteiger partial charge >= 0.3 is 0 Å². The highest BCUT2D eigenvalue weighted by Gasteiger charge is 2.03. The maximum Gasteiger partial charge on any atom is 0.0639 e. The number of hydrogen-bond acceptors (Lipinski definition) is 2. The summed E-state index contributed by atoms with van der Waals surface area (Å²) in [5.74, 6) is 0. The highest BCUT2D eigenvalue weighted by atomic mass is 16.7. The Morgan fingerprint density at radius 1 is 1.00 bits per heavy atom. The second-order valence-corrected chi connectivity index (χ2v) is 4.03. The molecule has 0 atom stereocenters. The predicted octanol–water partition coefficient (Wildman–Crippen LogP) is 4.02. The molecule has 0 fully saturated rings. The third-order valence-electron chi connectivity index (χ3n) is 2.73. The topological polar surface area (TPSA) is 12.5 Å². The summed E-state index contributed by atoms with van der Waals surface area (Å²) in [6, 6.07) is 10.3. The van der Waals surface area contributed by atoms with Gasteiger partial charge < -0.3 is 0 Å². The van der Waals surface area contributed by atoms with Crippen LogP contribution in [0.5, 0.6) is 0 Å². The summed E-state index contributed by atoms with van der Waals surface area (Å²) in [5.41, 5.74) is 1.14. The van der Waals surface area contributed by atoms with Gasteiger partial charge in [-0.1, -0.05) is 50.8 Å². The molecule has 0 radical (unpaired) electrons. The lowest BCUT2D eigenvalue weighted by molar-refractivity contribution is 0.165. The smallest absolute Gasteiger partial charge is 0.0639 e. The Morgan fingerprint density at radius 3 is 2.31 bits per heavy atom. The van der Waals surface area contributed by atoms with Gasteiger partial charge in [0.1, 0.15) is 0 Å². The number of hydroxylamine groups is 1. The van der Waals surface area contributed by atoms with Crippen molar-refractivity contribution in [3.63, 3.8) is 0 Å². The third-order valence-corrected chi connectivity index (χ3v) is 2.73. The Labute approximate surface area is 99.2 Å². The van der Waals surface area contributed by atoms with Crippen LogP contribution in [0.1, 0.15) is 39.0 Å². The van der Waals surface area contributed by atoms with E-state index in [1.807, 2.05) is 23.3 Å². The molecule has 0 aliphatic heterocycles. The highest BCUT2D eigenvalue weighted by molar-refractivity contribution is 5.43. The van der Waals surface area contributed by atoms with E-state index < -0.39 is 0 Å². The van der Waals surface area contributed by atoms with Crippen LogP contribution in [0.25, 0.3) is 0 Å². The predicted molar refractivity (Wildman–Crippen MR) is 69.6 cm³/mol. The molecular weight excluding hydrogens is 198 g/mol. The van der Waals surface area contributed by atoms with Crippen LogP contribution in [0.2, 0.25) is 0 Å². The largest absolute Gasteiger partial charge is 0.277 e. The molecule has 0 aromatic heterocycles. The molecule has 0 unspecified atom stereocenters. The molecule has 0 aliphatic rings. The average molecular weight is 221 g/mol. The zero-order valence-corrected chi connectivity index (χ0v) is 10.5. The van der Waals surface area contributed by atoms with Gasteiger partial charge in [-0.05, 0) is 18.6 Å². The minimum Gasteiger partial charge on any atom is -0.277 e. The van der Waals surface area contributed by atoms with E-state index in [2.05, 4.69) is 19.1 Å². The lowest BCUT2D eigenvalue weighted by atomic mass is 10.1. The van der Waals surface area contributed by atoms with Gasteiger partial charge in [-0.25, -0.2) is 0 Å². The summed E-state index contributed by atoms with van der Waals surface area (Å²) < 4.78 is 0. The summed E-state index contributed by atoms with van der Waals surface area (Å²) in [6.45, 7) is 3.22. The highest BCUT2D eigenvalue weighted by Crippen LogP contribution is 2.14. The number of rotatable bonds is 8. The zero-order chi connectivity index (χ0) is 11.6. The van der Waals surface area contributed by atoms with Crippen molar-refractivity contribution < 1.29 is 4.84 Å². The monoisotopic (exact) mass is 221 g/mol. The van der Waals surface area contributed by atoms with Crippen molar-refractivity contribution in [1.29, 1.82) is 0 Å². The molecule has 0 bridgehead atoms. The third kappa shape index (κ3) is 4.67. The van der Waals surface area contributed by atoms with Crippen LogP contribution in [0, 0.1) is 0 Å². The van der Waals surface area contributed by atoms with Gasteiger partial charge in [0.25, 0.3) is 0 Å². The van der Waals surface area contributed by atoms with Crippen LogP contribution in [-0.2, 0) is 4.84 Å². The van der Waals surface area contributed by atoms with E-state index in [1.54, 1.807) is 7.11 Å². The zero-order valence-electron chi connectivity index (χ0n) is 10.5. The summed E-state index contributed by atoms with van der Waals surface area (Å²) in [4.78, 5) is 5.38. The number of benzene rings is 1. The SMILES string of the molecule is CCCCCCCN(OC)c1ccccc1. The molecule has 2 nitrogen and oxygen atoms in total. The van der Waals surface area contributed by atoms with Crippen LogP contribution in [0.3, 0.4) is 0 Å². The molecule has 0 spiro atoms. The van der Waals surface area contributed by atoms with Crippen molar-refractivity contribution in [3.8, 4) is 0 Å². The van der Waals surface area contributed by atoms with Crippen molar-refractivity contribution in [2.45, 2.75) is 39.0 Å². The first-order chi connectivity index (χ1) is 7.88. The van der Waals surface area contributed by atoms with E-state index in [0.717, 1.165) is 12.2 Å². The van der Waals surface area contributed by atoms with Crippen molar-refractivity contribution in [3.05, 3.63) is 30.3 Å². The van der Waals surface area contributed by atoms with E-state index >= 15 is 0 Å². The summed E-state index contributed by atoms with van der Waals surface area (Å²) >= 11 is 0. The van der Waals surface area contributed by atoms with Gasteiger partial charge in [0.05, 0.1) is 12.8 Å². The summed E-state index contributed by atoms with van der Waals surface area (Å²) in [5, 5.41) is 1.96. The number of nitrogens with zero attached hydrogens (tertiary/aromatic N) is 1. The minimum absolute atomic E-state index is 0.976. The van der Waals surface area contributed by atoms with Crippen LogP contribution in [0.4, 0.5) is 5.69 Å². The maximum absolute atomic E-state index is 5.38. The summed E-state index contributed by atoms with van der Waals surface area (Å²) in [6.07, 6.45) is 6.47. The standard InChI is InChI=1S/C14H23NO/c1-3-4-5-6-10-13-15(16-2)14-11-8-7-9-12-14/h7-9,11-12H,3-6,10,13H2,1-2H3. The van der Waals surface area contributed by atoms with Gasteiger partial charge in [0.15, 0.2) is 0 Å². The fourth-order valence-electron chi connectivity index (χ4n) is 1.78. The Bertz CT molecular complexity index is 261. The Kier molecular flexibility index (Phi) is 6.66. The van der Waals surface area contributed by atoms with Gasteiger partial charge in [-0.3, -0.25) is 9.90 Å². The Balaban J connectivity index is 2.27. The van der Waals surface area contributed by atoms with Crippen LogP contribution < -0.4 is 5.06 Å². The number of hydrogen-bond donors (Lipinski definition) is 0. The second kappa shape index (κ2) is 8.17. The number of anilines is 1. The molecule has 0 heterocycles. The van der Waals surface area contributed by atoms with Gasteiger partial charge in [0.2, 0.25) is 0 Å². The first-order valence-corrected chi connectivity index (χ1v) is 6.25. The molecule has 1 aromatic carbocycles. The molecule has 0 aliphatic carbocycles. The Morgan fingerprint density at radius 2 is 1.69 bits per heavy atom. The molecule has 16 heavy (non-hydrogen) atoms. The molecular formula is C14H23NO. The lowest BCUT2D eigenvalue weighted by Gasteiger charge is -2.21. The van der Waals surface area contributed by atoms with E-state index in [1.165, 1.54) is 32.1 Å². The van der Waals surface area contributed by atoms with E-state index in [0.29, 0.717) is 0 Å². The van der Waals surface area contributed by atoms with Crippen molar-refractivity contribution in [2.75, 3.05) is 18.7 Å².